The number of aryl methyl sites for hydroxylation is 1. The number of carboxylic acid groups (broad SMARTS) is 1. The van der Waals surface area contributed by atoms with Gasteiger partial charge in [-0.3, -0.25) is 24.6 Å². The molecule has 3 aliphatic heterocycles. The van der Waals surface area contributed by atoms with E-state index in [4.69, 9.17) is 26.4 Å². The van der Waals surface area contributed by atoms with E-state index in [1.165, 1.54) is 36.6 Å². The highest BCUT2D eigenvalue weighted by Gasteiger charge is 2.42. The quantitative estimate of drug-likeness (QED) is 0.332. The Morgan fingerprint density at radius 1 is 1.22 bits per heavy atom. The Morgan fingerprint density at radius 3 is 2.80 bits per heavy atom. The molecule has 2 saturated heterocycles. The summed E-state index contributed by atoms with van der Waals surface area (Å²) in [6.45, 7) is 2.27. The molecule has 0 spiro atoms. The van der Waals surface area contributed by atoms with E-state index in [1.54, 1.807) is 23.5 Å². The molecule has 3 aliphatic rings. The molecular weight excluding hydrogens is 625 g/mol. The number of aliphatic imine (C=N–C) groups is 1. The summed E-state index contributed by atoms with van der Waals surface area (Å²) in [5, 5.41) is 14.9. The van der Waals surface area contributed by atoms with Gasteiger partial charge >= 0.3 is 18.0 Å². The maximum absolute atomic E-state index is 14.0. The Morgan fingerprint density at radius 2 is 2.07 bits per heavy atom. The maximum atomic E-state index is 14.0. The number of thiazole rings is 1. The number of nitrogens with one attached hydrogen (secondary N) is 1. The van der Waals surface area contributed by atoms with Gasteiger partial charge in [0.25, 0.3) is 0 Å². The molecule has 45 heavy (non-hydrogen) atoms. The molecule has 2 N–H and O–H groups in total. The van der Waals surface area contributed by atoms with Crippen LogP contribution in [0.5, 0.6) is 0 Å². The van der Waals surface area contributed by atoms with Gasteiger partial charge in [-0.15, -0.1) is 11.3 Å². The van der Waals surface area contributed by atoms with Gasteiger partial charge in [0.2, 0.25) is 0 Å². The van der Waals surface area contributed by atoms with E-state index in [9.17, 15) is 18.8 Å². The molecule has 0 radical (unpaired) electrons. The van der Waals surface area contributed by atoms with Crippen molar-refractivity contribution in [1.82, 2.24) is 25.1 Å². The number of carbonyl (C=O) groups excluding carboxylic acids is 2. The zero-order valence-electron chi connectivity index (χ0n) is 24.2. The number of amides is 2. The van der Waals surface area contributed by atoms with Crippen molar-refractivity contribution in [3.05, 3.63) is 86.5 Å². The van der Waals surface area contributed by atoms with E-state index in [0.717, 1.165) is 5.56 Å². The predicted molar refractivity (Wildman–Crippen MR) is 165 cm³/mol. The highest BCUT2D eigenvalue weighted by molar-refractivity contribution is 7.11. The summed E-state index contributed by atoms with van der Waals surface area (Å²) in [6, 6.07) is 4.65. The minimum absolute atomic E-state index is 0.0244. The van der Waals surface area contributed by atoms with Crippen LogP contribution in [0.25, 0.3) is 0 Å². The van der Waals surface area contributed by atoms with Gasteiger partial charge in [-0.05, 0) is 30.2 Å². The number of carbonyl (C=O) groups is 3. The second-order valence-corrected chi connectivity index (χ2v) is 12.1. The van der Waals surface area contributed by atoms with Crippen LogP contribution in [0.1, 0.15) is 28.6 Å². The standard InChI is InChI=1S/C30H29ClFN7O5S/c1-44-29(42)25-23(35-27(28-34-6-9-45-28)36-26(25)21-4-3-18(32)11-22(21)31)16-37-7-8-38-20(14-37)15-39(30(38)43)19-10-17(12-33-13-19)2-5-24(40)41/h3-4,6,9-13,20,26H,2,5,7-8,14-16H2,1H3,(H,35,36)(H,40,41)/t20-,26-/m0/s1. The molecule has 12 nitrogen and oxygen atoms in total. The number of pyridine rings is 1. The average molecular weight is 654 g/mol. The van der Waals surface area contributed by atoms with E-state index < -0.39 is 23.8 Å². The molecular formula is C30H29ClFN7O5S. The van der Waals surface area contributed by atoms with Crippen molar-refractivity contribution < 1.29 is 28.6 Å². The maximum Gasteiger partial charge on any atom is 0.338 e. The molecule has 0 saturated carbocycles. The Balaban J connectivity index is 1.26. The first-order valence-electron chi connectivity index (χ1n) is 14.2. The number of piperazine rings is 1. The van der Waals surface area contributed by atoms with Crippen LogP contribution in [0, 0.1) is 5.82 Å². The summed E-state index contributed by atoms with van der Waals surface area (Å²) in [4.78, 5) is 56.7. The molecule has 3 aromatic rings. The van der Waals surface area contributed by atoms with E-state index in [0.29, 0.717) is 66.9 Å². The van der Waals surface area contributed by atoms with Gasteiger partial charge in [0.15, 0.2) is 10.8 Å². The van der Waals surface area contributed by atoms with Gasteiger partial charge in [-0.2, -0.15) is 0 Å². The van der Waals surface area contributed by atoms with Gasteiger partial charge in [0.05, 0.1) is 30.6 Å². The third-order valence-electron chi connectivity index (χ3n) is 7.96. The van der Waals surface area contributed by atoms with Crippen LogP contribution in [0.2, 0.25) is 5.02 Å². The Hall–Kier alpha value is -4.40. The summed E-state index contributed by atoms with van der Waals surface area (Å²) in [6.07, 6.45) is 5.17. The number of hydrogen-bond donors (Lipinski definition) is 2. The van der Waals surface area contributed by atoms with Crippen LogP contribution in [0.3, 0.4) is 0 Å². The van der Waals surface area contributed by atoms with Crippen molar-refractivity contribution in [3.63, 3.8) is 0 Å². The second-order valence-electron chi connectivity index (χ2n) is 10.8. The van der Waals surface area contributed by atoms with Gasteiger partial charge in [-0.25, -0.2) is 19.0 Å². The summed E-state index contributed by atoms with van der Waals surface area (Å²) >= 11 is 7.85. The molecule has 2 atom stereocenters. The van der Waals surface area contributed by atoms with Crippen molar-refractivity contribution in [1.29, 1.82) is 0 Å². The Labute approximate surface area is 266 Å². The number of fused-ring (bicyclic) bond motifs is 1. The molecule has 2 fully saturated rings. The lowest BCUT2D eigenvalue weighted by atomic mass is 9.95. The predicted octanol–water partition coefficient (Wildman–Crippen LogP) is 3.49. The number of esters is 1. The fourth-order valence-corrected chi connectivity index (χ4v) is 6.69. The molecule has 234 valence electrons. The van der Waals surface area contributed by atoms with E-state index in [1.807, 2.05) is 16.3 Å². The molecule has 6 rings (SSSR count). The molecule has 0 bridgehead atoms. The SMILES string of the molecule is COC(=O)C1=C(CN2CCN3C(=O)N(c4cncc(CCC(=O)O)c4)C[C@@H]3C2)NC(c2nccs2)=N[C@H]1c1ccc(F)cc1Cl. The van der Waals surface area contributed by atoms with Crippen molar-refractivity contribution in [3.8, 4) is 0 Å². The topological polar surface area (TPSA) is 141 Å². The van der Waals surface area contributed by atoms with Crippen LogP contribution in [-0.2, 0) is 20.7 Å². The fraction of sp³-hybridized carbons (Fsp3) is 0.333. The smallest absolute Gasteiger partial charge is 0.338 e. The molecule has 2 aromatic heterocycles. The van der Waals surface area contributed by atoms with Gasteiger partial charge < -0.3 is 20.1 Å². The third-order valence-corrected chi connectivity index (χ3v) is 9.07. The summed E-state index contributed by atoms with van der Waals surface area (Å²) < 4.78 is 19.2. The van der Waals surface area contributed by atoms with Gasteiger partial charge in [-0.1, -0.05) is 17.7 Å². The number of ether oxygens (including phenoxy) is 1. The number of aliphatic carboxylic acids is 1. The Bertz CT molecular complexity index is 1700. The van der Waals surface area contributed by atoms with Crippen molar-refractivity contribution in [2.45, 2.75) is 24.9 Å². The molecule has 15 heteroatoms. The minimum atomic E-state index is -0.898. The number of halogens is 2. The molecule has 5 heterocycles. The van der Waals surface area contributed by atoms with Crippen molar-refractivity contribution >= 4 is 52.4 Å². The number of urea groups is 1. The number of nitrogens with zero attached hydrogens (tertiary/aromatic N) is 6. The number of methoxy groups -OCH3 is 1. The Kier molecular flexibility index (Phi) is 8.79. The zero-order chi connectivity index (χ0) is 31.7. The number of amidine groups is 1. The lowest BCUT2D eigenvalue weighted by molar-refractivity contribution is -0.137. The van der Waals surface area contributed by atoms with E-state index >= 15 is 0 Å². The van der Waals surface area contributed by atoms with Gasteiger partial charge in [0.1, 0.15) is 11.9 Å². The van der Waals surface area contributed by atoms with Gasteiger partial charge in [0, 0.05) is 73.2 Å². The normalized spacial score (nSPS) is 20.2. The monoisotopic (exact) mass is 653 g/mol. The second kappa shape index (κ2) is 12.9. The molecule has 0 unspecified atom stereocenters. The third kappa shape index (κ3) is 6.39. The number of rotatable bonds is 9. The average Bonchev–Trinajstić information content (AvgIpc) is 3.68. The largest absolute Gasteiger partial charge is 0.481 e. The first-order valence-corrected chi connectivity index (χ1v) is 15.4. The van der Waals surface area contributed by atoms with E-state index in [2.05, 4.69) is 20.2 Å². The fourth-order valence-electron chi connectivity index (χ4n) is 5.83. The summed E-state index contributed by atoms with van der Waals surface area (Å²) in [5.74, 6) is -1.55. The number of benzene rings is 1. The van der Waals surface area contributed by atoms with E-state index in [-0.39, 0.29) is 29.1 Å². The van der Waals surface area contributed by atoms with Crippen LogP contribution in [0.4, 0.5) is 14.9 Å². The van der Waals surface area contributed by atoms with Crippen LogP contribution in [0.15, 0.2) is 64.5 Å². The molecule has 2 amide bonds. The highest BCUT2D eigenvalue weighted by Crippen LogP contribution is 2.37. The first-order chi connectivity index (χ1) is 21.7. The first kappa shape index (κ1) is 30.6. The minimum Gasteiger partial charge on any atom is -0.481 e. The zero-order valence-corrected chi connectivity index (χ0v) is 25.7. The molecule has 1 aromatic carbocycles. The van der Waals surface area contributed by atoms with Crippen LogP contribution >= 0.6 is 22.9 Å². The number of aromatic nitrogens is 2. The highest BCUT2D eigenvalue weighted by atomic mass is 35.5. The summed E-state index contributed by atoms with van der Waals surface area (Å²) in [7, 11) is 1.29. The summed E-state index contributed by atoms with van der Waals surface area (Å²) in [5.41, 5.74) is 2.62. The number of carboxylic acids is 1. The van der Waals surface area contributed by atoms with Crippen molar-refractivity contribution in [2.75, 3.05) is 44.7 Å². The number of hydrogen-bond acceptors (Lipinski definition) is 10. The van der Waals surface area contributed by atoms with Crippen molar-refractivity contribution in [2.24, 2.45) is 4.99 Å². The van der Waals surface area contributed by atoms with Crippen LogP contribution in [-0.4, -0.2) is 94.6 Å². The lowest BCUT2D eigenvalue weighted by Gasteiger charge is -2.38. The van der Waals surface area contributed by atoms with Crippen LogP contribution < -0.4 is 10.2 Å². The number of anilines is 1. The molecule has 0 aliphatic carbocycles. The lowest BCUT2D eigenvalue weighted by Crippen LogP contribution is -2.53.